The summed E-state index contributed by atoms with van der Waals surface area (Å²) in [6.45, 7) is 4.37. The third-order valence-corrected chi connectivity index (χ3v) is 3.28. The van der Waals surface area contributed by atoms with Gasteiger partial charge >= 0.3 is 0 Å². The van der Waals surface area contributed by atoms with Crippen molar-refractivity contribution in [3.05, 3.63) is 35.4 Å². The van der Waals surface area contributed by atoms with Gasteiger partial charge in [0.25, 0.3) is 0 Å². The van der Waals surface area contributed by atoms with Gasteiger partial charge in [0.2, 0.25) is 0 Å². The van der Waals surface area contributed by atoms with E-state index in [0.717, 1.165) is 12.8 Å². The van der Waals surface area contributed by atoms with Gasteiger partial charge in [-0.15, -0.1) is 0 Å². The maximum Gasteiger partial charge on any atom is 0.0392 e. The Hall–Kier alpha value is -0.300. The first-order valence-electron chi connectivity index (χ1n) is 4.50. The molecule has 1 rings (SSSR count). The third-order valence-electron chi connectivity index (χ3n) is 2.11. The van der Waals surface area contributed by atoms with E-state index in [4.69, 9.17) is 0 Å². The summed E-state index contributed by atoms with van der Waals surface area (Å²) in [5.41, 5.74) is 2.80. The van der Waals surface area contributed by atoms with Crippen molar-refractivity contribution < 1.29 is 0 Å². The normalized spacial score (nSPS) is 12.9. The minimum absolute atomic E-state index is 0.517. The van der Waals surface area contributed by atoms with Gasteiger partial charge in [-0.05, 0) is 24.0 Å². The molecule has 0 aromatic heterocycles. The number of hydrogen-bond acceptors (Lipinski definition) is 0. The highest BCUT2D eigenvalue weighted by molar-refractivity contribution is 9.09. The van der Waals surface area contributed by atoms with Crippen molar-refractivity contribution in [1.82, 2.24) is 0 Å². The van der Waals surface area contributed by atoms with E-state index in [1.165, 1.54) is 11.1 Å². The van der Waals surface area contributed by atoms with Crippen molar-refractivity contribution in [2.75, 3.05) is 0 Å². The number of aryl methyl sites for hydroxylation is 1. The molecule has 0 N–H and O–H groups in total. The molecule has 1 aromatic carbocycles. The van der Waals surface area contributed by atoms with Gasteiger partial charge in [-0.3, -0.25) is 0 Å². The lowest BCUT2D eigenvalue weighted by molar-refractivity contribution is 0.909. The molecule has 1 atom stereocenters. The van der Waals surface area contributed by atoms with Crippen molar-refractivity contribution in [3.63, 3.8) is 0 Å². The minimum atomic E-state index is 0.517. The highest BCUT2D eigenvalue weighted by Crippen LogP contribution is 2.25. The lowest BCUT2D eigenvalue weighted by Crippen LogP contribution is -1.88. The summed E-state index contributed by atoms with van der Waals surface area (Å²) in [4.78, 5) is 0.517. The second kappa shape index (κ2) is 4.66. The standard InChI is InChI=1S/C11H15Br/c1-3-9-5-7-10(8-6-9)11(12)4-2/h5-8,11H,3-4H2,1-2H3. The Morgan fingerprint density at radius 2 is 1.75 bits per heavy atom. The Labute approximate surface area is 83.1 Å². The molecule has 0 bridgehead atoms. The van der Waals surface area contributed by atoms with Crippen LogP contribution in [0.3, 0.4) is 0 Å². The van der Waals surface area contributed by atoms with E-state index < -0.39 is 0 Å². The molecule has 0 saturated carbocycles. The molecule has 0 heterocycles. The molecule has 0 spiro atoms. The molecular formula is C11H15Br. The molecular weight excluding hydrogens is 212 g/mol. The molecule has 0 fully saturated rings. The Kier molecular flexibility index (Phi) is 3.80. The van der Waals surface area contributed by atoms with E-state index in [0.29, 0.717) is 4.83 Å². The van der Waals surface area contributed by atoms with Crippen LogP contribution in [-0.4, -0.2) is 0 Å². The average Bonchev–Trinajstić information content (AvgIpc) is 2.17. The molecule has 0 radical (unpaired) electrons. The van der Waals surface area contributed by atoms with E-state index in [9.17, 15) is 0 Å². The van der Waals surface area contributed by atoms with Crippen LogP contribution in [0.5, 0.6) is 0 Å². The largest absolute Gasteiger partial charge is 0.0839 e. The van der Waals surface area contributed by atoms with Gasteiger partial charge < -0.3 is 0 Å². The first-order valence-corrected chi connectivity index (χ1v) is 5.42. The molecule has 1 unspecified atom stereocenters. The quantitative estimate of drug-likeness (QED) is 0.682. The molecule has 1 heteroatoms. The zero-order valence-electron chi connectivity index (χ0n) is 7.68. The summed E-state index contributed by atoms with van der Waals surface area (Å²) in [5.74, 6) is 0. The molecule has 1 aromatic rings. The Balaban J connectivity index is 2.77. The van der Waals surface area contributed by atoms with Crippen LogP contribution < -0.4 is 0 Å². The maximum absolute atomic E-state index is 3.63. The first-order chi connectivity index (χ1) is 5.77. The van der Waals surface area contributed by atoms with Crippen molar-refractivity contribution in [2.24, 2.45) is 0 Å². The smallest absolute Gasteiger partial charge is 0.0392 e. The van der Waals surface area contributed by atoms with Crippen LogP contribution >= 0.6 is 15.9 Å². The molecule has 0 aliphatic heterocycles. The van der Waals surface area contributed by atoms with Crippen LogP contribution in [0.4, 0.5) is 0 Å². The average molecular weight is 227 g/mol. The molecule has 12 heavy (non-hydrogen) atoms. The molecule has 0 aliphatic rings. The van der Waals surface area contributed by atoms with E-state index in [1.807, 2.05) is 0 Å². The predicted octanol–water partition coefficient (Wildman–Crippen LogP) is 4.10. The summed E-state index contributed by atoms with van der Waals surface area (Å²) in [6.07, 6.45) is 2.27. The van der Waals surface area contributed by atoms with Crippen LogP contribution in [0, 0.1) is 0 Å². The number of benzene rings is 1. The monoisotopic (exact) mass is 226 g/mol. The number of rotatable bonds is 3. The van der Waals surface area contributed by atoms with E-state index in [1.54, 1.807) is 0 Å². The van der Waals surface area contributed by atoms with Gasteiger partial charge in [0.15, 0.2) is 0 Å². The van der Waals surface area contributed by atoms with Gasteiger partial charge in [-0.25, -0.2) is 0 Å². The fraction of sp³-hybridized carbons (Fsp3) is 0.455. The highest BCUT2D eigenvalue weighted by atomic mass is 79.9. The van der Waals surface area contributed by atoms with Crippen LogP contribution in [0.1, 0.15) is 36.2 Å². The van der Waals surface area contributed by atoms with Gasteiger partial charge in [0.1, 0.15) is 0 Å². The third kappa shape index (κ3) is 2.34. The predicted molar refractivity (Wildman–Crippen MR) is 57.8 cm³/mol. The van der Waals surface area contributed by atoms with Crippen molar-refractivity contribution >= 4 is 15.9 Å². The zero-order chi connectivity index (χ0) is 8.97. The summed E-state index contributed by atoms with van der Waals surface area (Å²) in [5, 5.41) is 0. The first kappa shape index (κ1) is 9.79. The second-order valence-corrected chi connectivity index (χ2v) is 4.08. The zero-order valence-corrected chi connectivity index (χ0v) is 9.26. The van der Waals surface area contributed by atoms with E-state index in [-0.39, 0.29) is 0 Å². The number of hydrogen-bond donors (Lipinski definition) is 0. The van der Waals surface area contributed by atoms with Gasteiger partial charge in [-0.2, -0.15) is 0 Å². The molecule has 0 nitrogen and oxygen atoms in total. The Morgan fingerprint density at radius 1 is 1.17 bits per heavy atom. The van der Waals surface area contributed by atoms with Crippen LogP contribution in [0.2, 0.25) is 0 Å². The topological polar surface area (TPSA) is 0 Å². The molecule has 0 aliphatic carbocycles. The van der Waals surface area contributed by atoms with E-state index >= 15 is 0 Å². The van der Waals surface area contributed by atoms with E-state index in [2.05, 4.69) is 54.0 Å². The summed E-state index contributed by atoms with van der Waals surface area (Å²) < 4.78 is 0. The minimum Gasteiger partial charge on any atom is -0.0839 e. The Bertz CT molecular complexity index is 225. The summed E-state index contributed by atoms with van der Waals surface area (Å²) >= 11 is 3.63. The van der Waals surface area contributed by atoms with Gasteiger partial charge in [0, 0.05) is 4.83 Å². The summed E-state index contributed by atoms with van der Waals surface area (Å²) in [6, 6.07) is 8.84. The lowest BCUT2D eigenvalue weighted by Gasteiger charge is -2.07. The highest BCUT2D eigenvalue weighted by Gasteiger charge is 2.02. The van der Waals surface area contributed by atoms with Crippen LogP contribution in [0.15, 0.2) is 24.3 Å². The van der Waals surface area contributed by atoms with Crippen LogP contribution in [0.25, 0.3) is 0 Å². The van der Waals surface area contributed by atoms with Crippen LogP contribution in [-0.2, 0) is 6.42 Å². The summed E-state index contributed by atoms with van der Waals surface area (Å²) in [7, 11) is 0. The SMILES string of the molecule is CCc1ccc(C(Br)CC)cc1. The van der Waals surface area contributed by atoms with Gasteiger partial charge in [0.05, 0.1) is 0 Å². The van der Waals surface area contributed by atoms with Gasteiger partial charge in [-0.1, -0.05) is 54.0 Å². The van der Waals surface area contributed by atoms with Crippen molar-refractivity contribution in [3.8, 4) is 0 Å². The van der Waals surface area contributed by atoms with Crippen molar-refractivity contribution in [1.29, 1.82) is 0 Å². The molecule has 0 saturated heterocycles. The van der Waals surface area contributed by atoms with Crippen molar-refractivity contribution in [2.45, 2.75) is 31.5 Å². The number of halogens is 1. The maximum atomic E-state index is 3.63. The second-order valence-electron chi connectivity index (χ2n) is 2.97. The molecule has 66 valence electrons. The lowest BCUT2D eigenvalue weighted by atomic mass is 10.1. The Morgan fingerprint density at radius 3 is 2.17 bits per heavy atom. The fourth-order valence-electron chi connectivity index (χ4n) is 1.20. The fourth-order valence-corrected chi connectivity index (χ4v) is 1.50. The molecule has 0 amide bonds. The number of alkyl halides is 1.